The number of hydrogen-bond donors (Lipinski definition) is 0. The first-order valence-corrected chi connectivity index (χ1v) is 9.62. The summed E-state index contributed by atoms with van der Waals surface area (Å²) >= 11 is 0. The summed E-state index contributed by atoms with van der Waals surface area (Å²) in [6.45, 7) is 9.48. The van der Waals surface area contributed by atoms with Crippen LogP contribution in [0.1, 0.15) is 124 Å². The van der Waals surface area contributed by atoms with Crippen LogP contribution in [0, 0.1) is 5.41 Å². The molecule has 0 heteroatoms. The van der Waals surface area contributed by atoms with E-state index in [4.69, 9.17) is 0 Å². The molecule has 0 rings (SSSR count). The first-order chi connectivity index (χ1) is 9.62. The van der Waals surface area contributed by atoms with Gasteiger partial charge in [-0.25, -0.2) is 0 Å². The second-order valence-corrected chi connectivity index (χ2v) is 7.55. The normalized spacial score (nSPS) is 12.0. The van der Waals surface area contributed by atoms with Crippen LogP contribution in [0.15, 0.2) is 0 Å². The Morgan fingerprint density at radius 2 is 0.850 bits per heavy atom. The lowest BCUT2D eigenvalue weighted by atomic mass is 9.83. The van der Waals surface area contributed by atoms with Crippen LogP contribution in [0.2, 0.25) is 0 Å². The van der Waals surface area contributed by atoms with Crippen LogP contribution in [0.3, 0.4) is 0 Å². The molecule has 0 aromatic carbocycles. The van der Waals surface area contributed by atoms with Gasteiger partial charge in [-0.3, -0.25) is 0 Å². The molecule has 0 aliphatic carbocycles. The average Bonchev–Trinajstić information content (AvgIpc) is 2.40. The largest absolute Gasteiger partial charge is 0.0654 e. The smallest absolute Gasteiger partial charge is 0.0354 e. The highest BCUT2D eigenvalue weighted by Crippen LogP contribution is 2.29. The molecule has 0 heterocycles. The molecular weight excluding hydrogens is 240 g/mol. The van der Waals surface area contributed by atoms with Gasteiger partial charge in [-0.2, -0.15) is 0 Å². The van der Waals surface area contributed by atoms with E-state index in [0.717, 1.165) is 0 Å². The molecular formula is C20H42. The Kier molecular flexibility index (Phi) is 14.0. The van der Waals surface area contributed by atoms with Crippen molar-refractivity contribution in [1.82, 2.24) is 0 Å². The third kappa shape index (κ3) is 14.4. The van der Waals surface area contributed by atoms with Crippen LogP contribution in [-0.2, 0) is 0 Å². The molecule has 0 fully saturated rings. The van der Waals surface area contributed by atoms with E-state index in [9.17, 15) is 0 Å². The van der Waals surface area contributed by atoms with Crippen molar-refractivity contribution in [2.75, 3.05) is 0 Å². The first-order valence-electron chi connectivity index (χ1n) is 9.62. The van der Waals surface area contributed by atoms with Gasteiger partial charge >= 0.3 is 0 Å². The van der Waals surface area contributed by atoms with Crippen molar-refractivity contribution in [3.63, 3.8) is 0 Å². The van der Waals surface area contributed by atoms with Crippen molar-refractivity contribution in [2.24, 2.45) is 5.41 Å². The van der Waals surface area contributed by atoms with Crippen molar-refractivity contribution < 1.29 is 0 Å². The standard InChI is InChI=1S/C20H42/c1-5-7-8-9-10-11-12-13-14-15-16-17-19-20(3,4)18-6-2/h5-19H2,1-4H3. The SMILES string of the molecule is CCCCCCCCCCCCCCC(C)(C)CCC. The fraction of sp³-hybridized carbons (Fsp3) is 1.00. The summed E-state index contributed by atoms with van der Waals surface area (Å²) in [5.41, 5.74) is 0.591. The van der Waals surface area contributed by atoms with Gasteiger partial charge in [0, 0.05) is 0 Å². The van der Waals surface area contributed by atoms with Crippen LogP contribution < -0.4 is 0 Å². The van der Waals surface area contributed by atoms with E-state index in [-0.39, 0.29) is 0 Å². The lowest BCUT2D eigenvalue weighted by Gasteiger charge is -2.23. The summed E-state index contributed by atoms with van der Waals surface area (Å²) < 4.78 is 0. The molecule has 0 aromatic rings. The van der Waals surface area contributed by atoms with Crippen LogP contribution in [-0.4, -0.2) is 0 Å². The topological polar surface area (TPSA) is 0 Å². The van der Waals surface area contributed by atoms with Crippen LogP contribution in [0.5, 0.6) is 0 Å². The van der Waals surface area contributed by atoms with Gasteiger partial charge in [0.25, 0.3) is 0 Å². The van der Waals surface area contributed by atoms with Gasteiger partial charge in [0.1, 0.15) is 0 Å². The summed E-state index contributed by atoms with van der Waals surface area (Å²) in [5, 5.41) is 0. The highest BCUT2D eigenvalue weighted by Gasteiger charge is 2.15. The first kappa shape index (κ1) is 20.0. The molecule has 20 heavy (non-hydrogen) atoms. The minimum absolute atomic E-state index is 0.591. The number of rotatable bonds is 15. The van der Waals surface area contributed by atoms with E-state index in [2.05, 4.69) is 27.7 Å². The molecule has 0 aliphatic rings. The molecule has 0 saturated heterocycles. The molecule has 0 radical (unpaired) electrons. The molecule has 0 unspecified atom stereocenters. The zero-order valence-electron chi connectivity index (χ0n) is 15.1. The van der Waals surface area contributed by atoms with Crippen molar-refractivity contribution in [2.45, 2.75) is 124 Å². The Bertz CT molecular complexity index is 180. The average molecular weight is 283 g/mol. The monoisotopic (exact) mass is 282 g/mol. The second kappa shape index (κ2) is 14.0. The maximum Gasteiger partial charge on any atom is -0.0354 e. The molecule has 0 spiro atoms. The maximum atomic E-state index is 2.44. The zero-order valence-corrected chi connectivity index (χ0v) is 15.1. The van der Waals surface area contributed by atoms with Gasteiger partial charge in [0.15, 0.2) is 0 Å². The highest BCUT2D eigenvalue weighted by molar-refractivity contribution is 4.67. The summed E-state index contributed by atoms with van der Waals surface area (Å²) in [4.78, 5) is 0. The van der Waals surface area contributed by atoms with Gasteiger partial charge in [0.2, 0.25) is 0 Å². The van der Waals surface area contributed by atoms with Gasteiger partial charge in [-0.1, -0.05) is 111 Å². The Balaban J connectivity index is 3.13. The summed E-state index contributed by atoms with van der Waals surface area (Å²) in [7, 11) is 0. The Hall–Kier alpha value is 0. The third-order valence-electron chi connectivity index (χ3n) is 4.63. The quantitative estimate of drug-likeness (QED) is 0.268. The van der Waals surface area contributed by atoms with Crippen molar-refractivity contribution in [1.29, 1.82) is 0 Å². The molecule has 0 aliphatic heterocycles. The van der Waals surface area contributed by atoms with E-state index >= 15 is 0 Å². The zero-order chi connectivity index (χ0) is 15.1. The fourth-order valence-electron chi connectivity index (χ4n) is 3.25. The number of hydrogen-bond acceptors (Lipinski definition) is 0. The molecule has 0 nitrogen and oxygen atoms in total. The Morgan fingerprint density at radius 3 is 1.25 bits per heavy atom. The predicted octanol–water partition coefficient (Wildman–Crippen LogP) is 7.90. The summed E-state index contributed by atoms with van der Waals surface area (Å²) in [6, 6.07) is 0. The predicted molar refractivity (Wildman–Crippen MR) is 94.4 cm³/mol. The molecule has 0 amide bonds. The van der Waals surface area contributed by atoms with E-state index in [0.29, 0.717) is 5.41 Å². The van der Waals surface area contributed by atoms with Crippen LogP contribution in [0.4, 0.5) is 0 Å². The van der Waals surface area contributed by atoms with E-state index < -0.39 is 0 Å². The maximum absolute atomic E-state index is 2.44. The highest BCUT2D eigenvalue weighted by atomic mass is 14.2. The van der Waals surface area contributed by atoms with Gasteiger partial charge in [-0.05, 0) is 18.3 Å². The van der Waals surface area contributed by atoms with Crippen LogP contribution >= 0.6 is 0 Å². The van der Waals surface area contributed by atoms with E-state index in [1.165, 1.54) is 96.3 Å². The van der Waals surface area contributed by atoms with E-state index in [1.807, 2.05) is 0 Å². The lowest BCUT2D eigenvalue weighted by Crippen LogP contribution is -2.10. The minimum Gasteiger partial charge on any atom is -0.0654 e. The summed E-state index contributed by atoms with van der Waals surface area (Å²) in [5.74, 6) is 0. The molecule has 0 saturated carbocycles. The summed E-state index contributed by atoms with van der Waals surface area (Å²) in [6.07, 6.45) is 21.7. The fourth-order valence-corrected chi connectivity index (χ4v) is 3.25. The lowest BCUT2D eigenvalue weighted by molar-refractivity contribution is 0.291. The molecule has 0 aromatic heterocycles. The van der Waals surface area contributed by atoms with Gasteiger partial charge in [-0.15, -0.1) is 0 Å². The Morgan fingerprint density at radius 1 is 0.450 bits per heavy atom. The van der Waals surface area contributed by atoms with E-state index in [1.54, 1.807) is 0 Å². The van der Waals surface area contributed by atoms with Crippen molar-refractivity contribution in [3.05, 3.63) is 0 Å². The number of unbranched alkanes of at least 4 members (excludes halogenated alkanes) is 11. The molecule has 0 atom stereocenters. The molecule has 122 valence electrons. The van der Waals surface area contributed by atoms with Crippen molar-refractivity contribution in [3.8, 4) is 0 Å². The van der Waals surface area contributed by atoms with Crippen LogP contribution in [0.25, 0.3) is 0 Å². The minimum atomic E-state index is 0.591. The molecule has 0 N–H and O–H groups in total. The van der Waals surface area contributed by atoms with Crippen molar-refractivity contribution >= 4 is 0 Å². The molecule has 0 bridgehead atoms. The Labute approximate surface area is 130 Å². The second-order valence-electron chi connectivity index (χ2n) is 7.55. The van der Waals surface area contributed by atoms with Gasteiger partial charge < -0.3 is 0 Å². The third-order valence-corrected chi connectivity index (χ3v) is 4.63. The van der Waals surface area contributed by atoms with Gasteiger partial charge in [0.05, 0.1) is 0 Å².